The van der Waals surface area contributed by atoms with Gasteiger partial charge in [0.15, 0.2) is 0 Å². The first kappa shape index (κ1) is 37.0. The quantitative estimate of drug-likeness (QED) is 0.230. The second-order valence-electron chi connectivity index (χ2n) is 14.0. The zero-order valence-electron chi connectivity index (χ0n) is 28.3. The van der Waals surface area contributed by atoms with Crippen LogP contribution in [0.15, 0.2) is 49.3 Å². The normalized spacial score (nSPS) is 24.6. The molecule has 2 aromatic rings. The van der Waals surface area contributed by atoms with Crippen LogP contribution < -0.4 is 15.4 Å². The summed E-state index contributed by atoms with van der Waals surface area (Å²) in [5.74, 6) is -4.14. The molecule has 18 heteroatoms. The fourth-order valence-corrected chi connectivity index (χ4v) is 8.03. The third-order valence-electron chi connectivity index (χ3n) is 9.87. The van der Waals surface area contributed by atoms with Gasteiger partial charge in [-0.1, -0.05) is 32.1 Å². The van der Waals surface area contributed by atoms with Crippen LogP contribution >= 0.6 is 0 Å². The molecule has 0 bridgehead atoms. The maximum absolute atomic E-state index is 14.4. The Kier molecular flexibility index (Phi) is 9.73. The molecule has 5 atom stereocenters. The van der Waals surface area contributed by atoms with Crippen molar-refractivity contribution in [2.45, 2.75) is 87.8 Å². The van der Waals surface area contributed by atoms with Crippen molar-refractivity contribution in [1.82, 2.24) is 24.8 Å². The number of pyridine rings is 1. The second-order valence-corrected chi connectivity index (χ2v) is 16.0. The van der Waals surface area contributed by atoms with Crippen molar-refractivity contribution in [2.75, 3.05) is 11.9 Å². The first-order chi connectivity index (χ1) is 24.4. The highest BCUT2D eigenvalue weighted by molar-refractivity contribution is 7.91. The third kappa shape index (κ3) is 7.43. The molecule has 0 radical (unpaired) electrons. The van der Waals surface area contributed by atoms with Crippen molar-refractivity contribution in [1.29, 1.82) is 0 Å². The maximum Gasteiger partial charge on any atom is 0.417 e. The first-order valence-electron chi connectivity index (χ1n) is 16.7. The Hall–Kier alpha value is -4.74. The molecule has 6 rings (SSSR count). The van der Waals surface area contributed by atoms with Crippen molar-refractivity contribution in [3.05, 3.63) is 71.8 Å². The zero-order valence-corrected chi connectivity index (χ0v) is 29.1. The Bertz CT molecular complexity index is 1910. The minimum absolute atomic E-state index is 0.0398. The molecule has 2 aliphatic carbocycles. The van der Waals surface area contributed by atoms with Gasteiger partial charge in [0, 0.05) is 36.8 Å². The van der Waals surface area contributed by atoms with Crippen LogP contribution in [-0.2, 0) is 48.4 Å². The van der Waals surface area contributed by atoms with E-state index in [9.17, 15) is 45.2 Å². The number of aromatic nitrogens is 1. The number of nitrogens with one attached hydrogen (secondary N) is 3. The van der Waals surface area contributed by atoms with Crippen LogP contribution in [0.5, 0.6) is 0 Å². The van der Waals surface area contributed by atoms with Gasteiger partial charge in [-0.2, -0.15) is 13.2 Å². The number of nitrogens with zero attached hydrogens (tertiary/aromatic N) is 3. The van der Waals surface area contributed by atoms with E-state index in [1.165, 1.54) is 23.1 Å². The number of anilines is 1. The Balaban J connectivity index is 1.24. The predicted octanol–water partition coefficient (Wildman–Crippen LogP) is 3.47. The smallest absolute Gasteiger partial charge is 0.417 e. The number of amides is 4. The van der Waals surface area contributed by atoms with E-state index in [0.717, 1.165) is 17.2 Å². The van der Waals surface area contributed by atoms with E-state index in [0.29, 0.717) is 30.2 Å². The molecule has 4 aliphatic rings. The van der Waals surface area contributed by atoms with Crippen molar-refractivity contribution in [2.24, 2.45) is 11.8 Å². The minimum Gasteiger partial charge on any atom is -0.444 e. The number of hydrogen-bond acceptors (Lipinski definition) is 9. The summed E-state index contributed by atoms with van der Waals surface area (Å²) < 4.78 is 87.6. The SMILES string of the molecule is C=CC1CC1(NC(=O)C1CC(OC(=O)N2Cc3cccc(F)c3C2)CN1C(=O)C(Nc1cncc(C(F)(F)F)c1)C(C)C)C(=O)NS(=O)(=O)C1CC1. The van der Waals surface area contributed by atoms with Gasteiger partial charge in [0.2, 0.25) is 21.8 Å². The molecule has 1 aromatic heterocycles. The van der Waals surface area contributed by atoms with E-state index in [-0.39, 0.29) is 38.2 Å². The van der Waals surface area contributed by atoms with Gasteiger partial charge in [0.05, 0.1) is 29.6 Å². The molecule has 5 unspecified atom stereocenters. The Labute approximate surface area is 297 Å². The van der Waals surface area contributed by atoms with Gasteiger partial charge in [-0.3, -0.25) is 29.0 Å². The summed E-state index contributed by atoms with van der Waals surface area (Å²) in [6.45, 7) is 6.67. The lowest BCUT2D eigenvalue weighted by molar-refractivity contribution is -0.140. The van der Waals surface area contributed by atoms with Crippen LogP contribution in [0, 0.1) is 17.7 Å². The number of carbonyl (C=O) groups is 4. The number of alkyl halides is 3. The van der Waals surface area contributed by atoms with Gasteiger partial charge >= 0.3 is 12.3 Å². The largest absolute Gasteiger partial charge is 0.444 e. The molecule has 4 amide bonds. The van der Waals surface area contributed by atoms with Crippen LogP contribution in [0.3, 0.4) is 0 Å². The summed E-state index contributed by atoms with van der Waals surface area (Å²) in [6, 6.07) is 2.73. The van der Waals surface area contributed by atoms with Gasteiger partial charge in [0.1, 0.15) is 29.5 Å². The van der Waals surface area contributed by atoms with E-state index >= 15 is 0 Å². The number of carbonyl (C=O) groups excluding carboxylic acids is 4. The van der Waals surface area contributed by atoms with Crippen molar-refractivity contribution >= 4 is 39.5 Å². The van der Waals surface area contributed by atoms with E-state index in [1.54, 1.807) is 19.9 Å². The highest BCUT2D eigenvalue weighted by atomic mass is 32.2. The fourth-order valence-electron chi connectivity index (χ4n) is 6.67. The summed E-state index contributed by atoms with van der Waals surface area (Å²) in [6.07, 6.45) is -2.82. The molecule has 3 heterocycles. The predicted molar refractivity (Wildman–Crippen MR) is 177 cm³/mol. The molecular formula is C34H38F4N6O7S. The molecule has 280 valence electrons. The van der Waals surface area contributed by atoms with Crippen molar-refractivity contribution in [3.8, 4) is 0 Å². The standard InChI is InChI=1S/C34H38F4N6O7S/c1-4-20-12-33(20,31(47)42-52(49,50)24-8-9-24)41-29(45)27-11-23(51-32(48)43-15-19-6-5-7-26(35)25(19)17-43)16-44(27)30(46)28(18(2)3)40-22-10-21(13-39-14-22)34(36,37)38/h4-7,10,13-14,18,20,23-24,27-28,40H,1,8-9,11-12,15-17H2,2-3H3,(H,41,45)(H,42,47). The van der Waals surface area contributed by atoms with Gasteiger partial charge in [-0.05, 0) is 42.9 Å². The van der Waals surface area contributed by atoms with Crippen LogP contribution in [0.2, 0.25) is 0 Å². The van der Waals surface area contributed by atoms with Gasteiger partial charge < -0.3 is 20.3 Å². The summed E-state index contributed by atoms with van der Waals surface area (Å²) in [5, 5.41) is 4.72. The molecule has 1 aromatic carbocycles. The van der Waals surface area contributed by atoms with E-state index < -0.39 is 92.2 Å². The van der Waals surface area contributed by atoms with E-state index in [2.05, 4.69) is 26.9 Å². The van der Waals surface area contributed by atoms with Crippen molar-refractivity contribution in [3.63, 3.8) is 0 Å². The number of sulfonamides is 1. The van der Waals surface area contributed by atoms with E-state index in [1.807, 2.05) is 0 Å². The summed E-state index contributed by atoms with van der Waals surface area (Å²) in [7, 11) is -3.98. The molecule has 2 saturated carbocycles. The van der Waals surface area contributed by atoms with Crippen LogP contribution in [0.4, 0.5) is 28.0 Å². The molecule has 1 saturated heterocycles. The van der Waals surface area contributed by atoms with Gasteiger partial charge in [-0.15, -0.1) is 6.58 Å². The first-order valence-corrected chi connectivity index (χ1v) is 18.3. The average Bonchev–Trinajstić information content (AvgIpc) is 3.97. The monoisotopic (exact) mass is 750 g/mol. The summed E-state index contributed by atoms with van der Waals surface area (Å²) >= 11 is 0. The second kappa shape index (κ2) is 13.7. The highest BCUT2D eigenvalue weighted by Crippen LogP contribution is 2.45. The van der Waals surface area contributed by atoms with E-state index in [4.69, 9.17) is 4.74 Å². The number of hydrogen-bond donors (Lipinski definition) is 3. The summed E-state index contributed by atoms with van der Waals surface area (Å²) in [4.78, 5) is 61.0. The lowest BCUT2D eigenvalue weighted by atomic mass is 10.0. The number of ether oxygens (including phenoxy) is 1. The van der Waals surface area contributed by atoms with Gasteiger partial charge in [-0.25, -0.2) is 17.6 Å². The van der Waals surface area contributed by atoms with Crippen LogP contribution in [0.1, 0.15) is 56.2 Å². The lowest BCUT2D eigenvalue weighted by Gasteiger charge is -2.31. The molecule has 0 spiro atoms. The molecular weight excluding hydrogens is 712 g/mol. The molecule has 3 N–H and O–H groups in total. The highest BCUT2D eigenvalue weighted by Gasteiger charge is 2.62. The molecule has 3 fully saturated rings. The lowest BCUT2D eigenvalue weighted by Crippen LogP contribution is -2.58. The number of rotatable bonds is 11. The number of fused-ring (bicyclic) bond motifs is 1. The third-order valence-corrected chi connectivity index (χ3v) is 11.7. The Morgan fingerprint density at radius 3 is 2.48 bits per heavy atom. The molecule has 13 nitrogen and oxygen atoms in total. The maximum atomic E-state index is 14.4. The Morgan fingerprint density at radius 1 is 1.13 bits per heavy atom. The number of benzene rings is 1. The number of likely N-dealkylation sites (tertiary alicyclic amines) is 1. The van der Waals surface area contributed by atoms with Crippen LogP contribution in [0.25, 0.3) is 0 Å². The van der Waals surface area contributed by atoms with Crippen LogP contribution in [-0.4, -0.2) is 82.5 Å². The van der Waals surface area contributed by atoms with Gasteiger partial charge in [0.25, 0.3) is 5.91 Å². The number of halogens is 4. The Morgan fingerprint density at radius 2 is 1.87 bits per heavy atom. The van der Waals surface area contributed by atoms with Crippen molar-refractivity contribution < 1.29 is 49.9 Å². The topological polar surface area (TPSA) is 167 Å². The molecule has 52 heavy (non-hydrogen) atoms. The molecule has 2 aliphatic heterocycles. The fraction of sp³-hybridized carbons (Fsp3) is 0.500. The average molecular weight is 751 g/mol. The summed E-state index contributed by atoms with van der Waals surface area (Å²) in [5.41, 5.74) is -1.89. The zero-order chi connectivity index (χ0) is 37.7. The minimum atomic E-state index is -4.70.